The molecule has 2 aromatic heterocycles. The first-order chi connectivity index (χ1) is 10.4. The fraction of sp³-hybridized carbons (Fsp3) is 0.500. The molecule has 1 aliphatic rings. The number of aryl methyl sites for hydroxylation is 1. The molecule has 3 heterocycles. The molecule has 22 heavy (non-hydrogen) atoms. The van der Waals surface area contributed by atoms with Crippen LogP contribution in [0.5, 0.6) is 0 Å². The zero-order valence-corrected chi connectivity index (χ0v) is 13.8. The van der Waals surface area contributed by atoms with E-state index in [2.05, 4.69) is 4.98 Å². The number of furan rings is 1. The van der Waals surface area contributed by atoms with Gasteiger partial charge in [-0.2, -0.15) is 0 Å². The molecule has 0 spiro atoms. The highest BCUT2D eigenvalue weighted by Crippen LogP contribution is 2.24. The van der Waals surface area contributed by atoms with Crippen molar-refractivity contribution >= 4 is 21.2 Å². The Hall–Kier alpha value is -1.22. The molecule has 3 rings (SSSR count). The topological polar surface area (TPSA) is 83.6 Å². The minimum absolute atomic E-state index is 0.0285. The highest BCUT2D eigenvalue weighted by atomic mass is 32.2. The highest BCUT2D eigenvalue weighted by molar-refractivity contribution is 7.91. The summed E-state index contributed by atoms with van der Waals surface area (Å²) in [6.07, 6.45) is 0.712. The molecular formula is C14H18N2O4S2. The van der Waals surface area contributed by atoms with E-state index in [4.69, 9.17) is 4.42 Å². The number of nitrogens with zero attached hydrogens (tertiary/aromatic N) is 2. The summed E-state index contributed by atoms with van der Waals surface area (Å²) in [5, 5.41) is 13.0. The van der Waals surface area contributed by atoms with Crippen LogP contribution in [0, 0.1) is 6.92 Å². The third kappa shape index (κ3) is 3.57. The lowest BCUT2D eigenvalue weighted by atomic mass is 10.1. The normalized spacial score (nSPS) is 24.1. The molecule has 0 amide bonds. The van der Waals surface area contributed by atoms with Crippen molar-refractivity contribution in [3.8, 4) is 0 Å². The molecule has 2 aromatic rings. The number of hydrogen-bond acceptors (Lipinski definition) is 7. The third-order valence-corrected chi connectivity index (χ3v) is 6.36. The maximum atomic E-state index is 11.8. The second-order valence-corrected chi connectivity index (χ2v) is 8.68. The second kappa shape index (κ2) is 6.11. The Labute approximate surface area is 133 Å². The van der Waals surface area contributed by atoms with Gasteiger partial charge in [0, 0.05) is 11.1 Å². The molecule has 0 radical (unpaired) electrons. The molecule has 2 unspecified atom stereocenters. The van der Waals surface area contributed by atoms with Crippen molar-refractivity contribution in [1.82, 2.24) is 9.88 Å². The number of rotatable bonds is 5. The average molecular weight is 342 g/mol. The molecule has 8 heteroatoms. The van der Waals surface area contributed by atoms with E-state index in [1.54, 1.807) is 12.3 Å². The number of sulfone groups is 1. The van der Waals surface area contributed by atoms with Gasteiger partial charge in [0.05, 0.1) is 43.0 Å². The molecule has 1 saturated heterocycles. The van der Waals surface area contributed by atoms with Gasteiger partial charge in [0.2, 0.25) is 0 Å². The molecule has 120 valence electrons. The number of aliphatic hydroxyl groups excluding tert-OH is 1. The Balaban J connectivity index is 1.82. The average Bonchev–Trinajstić information content (AvgIpc) is 3.11. The zero-order valence-electron chi connectivity index (χ0n) is 12.2. The summed E-state index contributed by atoms with van der Waals surface area (Å²) in [7, 11) is -3.19. The minimum Gasteiger partial charge on any atom is -0.468 e. The van der Waals surface area contributed by atoms with Crippen LogP contribution in [0.3, 0.4) is 0 Å². The van der Waals surface area contributed by atoms with E-state index in [0.717, 1.165) is 16.5 Å². The largest absolute Gasteiger partial charge is 0.468 e. The number of aliphatic hydroxyl groups is 1. The molecule has 0 aliphatic carbocycles. The van der Waals surface area contributed by atoms with Crippen molar-refractivity contribution in [2.75, 3.05) is 11.5 Å². The maximum absolute atomic E-state index is 11.8. The predicted molar refractivity (Wildman–Crippen MR) is 83.3 cm³/mol. The van der Waals surface area contributed by atoms with Crippen molar-refractivity contribution in [3.63, 3.8) is 0 Å². The van der Waals surface area contributed by atoms with Crippen molar-refractivity contribution in [1.29, 1.82) is 0 Å². The van der Waals surface area contributed by atoms with Gasteiger partial charge in [-0.3, -0.25) is 4.90 Å². The molecule has 1 fully saturated rings. The molecule has 1 aliphatic heterocycles. The summed E-state index contributed by atoms with van der Waals surface area (Å²) in [6.45, 7) is 2.87. The standard InChI is InChI=1S/C14H18N2O4S2/c1-10-7-21-14(15-10)6-16(5-11-3-2-4-20-11)12-8-22(18,19)9-13(12)17/h2-4,7,12-13,17H,5-6,8-9H2,1H3. The Morgan fingerprint density at radius 2 is 2.27 bits per heavy atom. The van der Waals surface area contributed by atoms with Crippen LogP contribution in [-0.2, 0) is 22.9 Å². The van der Waals surface area contributed by atoms with E-state index >= 15 is 0 Å². The fourth-order valence-corrected chi connectivity index (χ4v) is 5.33. The van der Waals surface area contributed by atoms with Gasteiger partial charge < -0.3 is 9.52 Å². The van der Waals surface area contributed by atoms with E-state index in [1.807, 2.05) is 23.3 Å². The first kappa shape index (κ1) is 15.7. The van der Waals surface area contributed by atoms with Crippen molar-refractivity contribution in [2.24, 2.45) is 0 Å². The lowest BCUT2D eigenvalue weighted by molar-refractivity contribution is 0.0685. The molecule has 1 N–H and O–H groups in total. The monoisotopic (exact) mass is 342 g/mol. The summed E-state index contributed by atoms with van der Waals surface area (Å²) < 4.78 is 28.9. The SMILES string of the molecule is Cc1csc(CN(Cc2ccco2)C2CS(=O)(=O)CC2O)n1. The van der Waals surface area contributed by atoms with Crippen LogP contribution in [0.4, 0.5) is 0 Å². The first-order valence-corrected chi connectivity index (χ1v) is 9.69. The Morgan fingerprint density at radius 1 is 1.45 bits per heavy atom. The van der Waals surface area contributed by atoms with E-state index in [-0.39, 0.29) is 11.5 Å². The summed E-state index contributed by atoms with van der Waals surface area (Å²) in [5.74, 6) is 0.535. The van der Waals surface area contributed by atoms with Crippen LogP contribution < -0.4 is 0 Å². The van der Waals surface area contributed by atoms with Crippen LogP contribution in [0.2, 0.25) is 0 Å². The van der Waals surface area contributed by atoms with Gasteiger partial charge in [-0.1, -0.05) is 0 Å². The van der Waals surface area contributed by atoms with E-state index < -0.39 is 22.0 Å². The van der Waals surface area contributed by atoms with Gasteiger partial charge in [0.25, 0.3) is 0 Å². The highest BCUT2D eigenvalue weighted by Gasteiger charge is 2.40. The van der Waals surface area contributed by atoms with Crippen LogP contribution >= 0.6 is 11.3 Å². The molecule has 0 aromatic carbocycles. The zero-order chi connectivity index (χ0) is 15.7. The fourth-order valence-electron chi connectivity index (χ4n) is 2.70. The summed E-state index contributed by atoms with van der Waals surface area (Å²) in [4.78, 5) is 6.36. The number of hydrogen-bond donors (Lipinski definition) is 1. The lowest BCUT2D eigenvalue weighted by Crippen LogP contribution is -2.42. The van der Waals surface area contributed by atoms with E-state index in [1.165, 1.54) is 11.3 Å². The second-order valence-electron chi connectivity index (χ2n) is 5.58. The van der Waals surface area contributed by atoms with Gasteiger partial charge in [0.1, 0.15) is 10.8 Å². The molecule has 0 bridgehead atoms. The molecule has 6 nitrogen and oxygen atoms in total. The summed E-state index contributed by atoms with van der Waals surface area (Å²) >= 11 is 1.54. The first-order valence-electron chi connectivity index (χ1n) is 6.99. The van der Waals surface area contributed by atoms with Crippen LogP contribution in [0.1, 0.15) is 16.5 Å². The smallest absolute Gasteiger partial charge is 0.154 e. The van der Waals surface area contributed by atoms with Crippen molar-refractivity contribution in [2.45, 2.75) is 32.2 Å². The van der Waals surface area contributed by atoms with Crippen LogP contribution in [0.15, 0.2) is 28.2 Å². The summed E-state index contributed by atoms with van der Waals surface area (Å²) in [6, 6.07) is 3.21. The molecular weight excluding hydrogens is 324 g/mol. The van der Waals surface area contributed by atoms with Gasteiger partial charge in [-0.15, -0.1) is 11.3 Å². The molecule has 2 atom stereocenters. The Bertz CT molecular complexity index is 724. The number of aromatic nitrogens is 1. The Morgan fingerprint density at radius 3 is 2.82 bits per heavy atom. The predicted octanol–water partition coefficient (Wildman–Crippen LogP) is 1.20. The van der Waals surface area contributed by atoms with E-state index in [0.29, 0.717) is 13.1 Å². The van der Waals surface area contributed by atoms with Crippen LogP contribution in [-0.4, -0.2) is 47.1 Å². The van der Waals surface area contributed by atoms with Crippen LogP contribution in [0.25, 0.3) is 0 Å². The minimum atomic E-state index is -3.19. The number of thiazole rings is 1. The van der Waals surface area contributed by atoms with Crippen molar-refractivity contribution < 1.29 is 17.9 Å². The van der Waals surface area contributed by atoms with Gasteiger partial charge in [-0.05, 0) is 19.1 Å². The quantitative estimate of drug-likeness (QED) is 0.879. The Kier molecular flexibility index (Phi) is 4.35. The molecule has 0 saturated carbocycles. The third-order valence-electron chi connectivity index (χ3n) is 3.71. The van der Waals surface area contributed by atoms with Gasteiger partial charge in [-0.25, -0.2) is 13.4 Å². The van der Waals surface area contributed by atoms with Crippen molar-refractivity contribution in [3.05, 3.63) is 40.2 Å². The van der Waals surface area contributed by atoms with Gasteiger partial charge in [0.15, 0.2) is 9.84 Å². The maximum Gasteiger partial charge on any atom is 0.154 e. The van der Waals surface area contributed by atoms with Gasteiger partial charge >= 0.3 is 0 Å². The van der Waals surface area contributed by atoms with E-state index in [9.17, 15) is 13.5 Å². The lowest BCUT2D eigenvalue weighted by Gasteiger charge is -2.28. The summed E-state index contributed by atoms with van der Waals surface area (Å²) in [5.41, 5.74) is 0.942.